The van der Waals surface area contributed by atoms with Crippen LogP contribution in [0.4, 0.5) is 0 Å². The predicted octanol–water partition coefficient (Wildman–Crippen LogP) is 13.3. The molecule has 3 aliphatic rings. The molecule has 9 aromatic rings. The normalized spacial score (nSPS) is 17.3. The van der Waals surface area contributed by atoms with Gasteiger partial charge in [-0.25, -0.2) is 15.0 Å². The van der Waals surface area contributed by atoms with Gasteiger partial charge in [-0.2, -0.15) is 0 Å². The second-order valence-corrected chi connectivity index (χ2v) is 16.6. The van der Waals surface area contributed by atoms with E-state index < -0.39 is 10.8 Å². The van der Waals surface area contributed by atoms with E-state index in [1.54, 1.807) is 0 Å². The van der Waals surface area contributed by atoms with Gasteiger partial charge in [-0.1, -0.05) is 231 Å². The summed E-state index contributed by atoms with van der Waals surface area (Å²) < 4.78 is 0. The van der Waals surface area contributed by atoms with E-state index >= 15 is 0 Å². The number of rotatable bonds is 7. The Hall–Kier alpha value is -7.75. The van der Waals surface area contributed by atoms with Gasteiger partial charge in [0, 0.05) is 28.5 Å². The molecular formula is C59H41N3. The molecule has 0 amide bonds. The minimum atomic E-state index is -0.540. The Morgan fingerprint density at radius 2 is 0.855 bits per heavy atom. The maximum absolute atomic E-state index is 5.44. The van der Waals surface area contributed by atoms with E-state index in [1.807, 2.05) is 18.2 Å². The molecule has 2 unspecified atom stereocenters. The maximum atomic E-state index is 5.44. The molecule has 8 aromatic carbocycles. The van der Waals surface area contributed by atoms with Crippen LogP contribution in [0, 0.1) is 5.92 Å². The van der Waals surface area contributed by atoms with E-state index in [-0.39, 0.29) is 11.8 Å². The molecule has 292 valence electrons. The lowest BCUT2D eigenvalue weighted by molar-refractivity contribution is 0.458. The monoisotopic (exact) mass is 791 g/mol. The van der Waals surface area contributed by atoms with Gasteiger partial charge < -0.3 is 0 Å². The maximum Gasteiger partial charge on any atom is 0.164 e. The largest absolute Gasteiger partial charge is 0.208 e. The van der Waals surface area contributed by atoms with Crippen molar-refractivity contribution in [2.24, 2.45) is 5.92 Å². The van der Waals surface area contributed by atoms with Gasteiger partial charge in [-0.15, -0.1) is 0 Å². The number of benzene rings is 8. The highest BCUT2D eigenvalue weighted by atomic mass is 15.0. The van der Waals surface area contributed by atoms with Crippen molar-refractivity contribution >= 4 is 5.57 Å². The summed E-state index contributed by atoms with van der Waals surface area (Å²) in [5, 5.41) is 0. The molecule has 0 N–H and O–H groups in total. The summed E-state index contributed by atoms with van der Waals surface area (Å²) >= 11 is 0. The molecule has 0 radical (unpaired) electrons. The number of nitrogens with zero attached hydrogens (tertiary/aromatic N) is 3. The zero-order valence-corrected chi connectivity index (χ0v) is 34.0. The molecule has 0 saturated carbocycles. The first-order valence-electron chi connectivity index (χ1n) is 21.5. The van der Waals surface area contributed by atoms with Crippen LogP contribution in [0.1, 0.15) is 56.2 Å². The van der Waals surface area contributed by atoms with Crippen LogP contribution < -0.4 is 0 Å². The quantitative estimate of drug-likeness (QED) is 0.161. The summed E-state index contributed by atoms with van der Waals surface area (Å²) in [5.41, 5.74) is 14.6. The standard InChI is InChI=1S/C59H41N3/c1-6-20-40(21-7-1)55-60-56(41-34-36-49-47-30-16-18-32-51(47)58(53(49)38-41,43-22-8-2-9-23-43)44-24-10-3-11-25-44)62-57(61-55)42-35-37-50-48-31-17-19-33-52(48)59(54(50)39-42,45-26-12-4-13-27-45)46-28-14-5-15-29-46/h1-39,49,53H. The van der Waals surface area contributed by atoms with Gasteiger partial charge in [0.15, 0.2) is 17.5 Å². The molecule has 12 rings (SSSR count). The Morgan fingerprint density at radius 3 is 1.48 bits per heavy atom. The summed E-state index contributed by atoms with van der Waals surface area (Å²) in [6, 6.07) is 79.0. The first-order chi connectivity index (χ1) is 30.7. The van der Waals surface area contributed by atoms with E-state index in [9.17, 15) is 0 Å². The molecule has 0 bridgehead atoms. The van der Waals surface area contributed by atoms with Gasteiger partial charge in [0.2, 0.25) is 0 Å². The lowest BCUT2D eigenvalue weighted by Crippen LogP contribution is -2.35. The average molecular weight is 792 g/mol. The highest BCUT2D eigenvalue weighted by molar-refractivity contribution is 5.88. The third kappa shape index (κ3) is 5.34. The van der Waals surface area contributed by atoms with Crippen molar-refractivity contribution in [1.82, 2.24) is 15.0 Å². The fraction of sp³-hybridized carbons (Fsp3) is 0.0678. The van der Waals surface area contributed by atoms with Crippen LogP contribution in [0.2, 0.25) is 0 Å². The van der Waals surface area contributed by atoms with Gasteiger partial charge in [-0.05, 0) is 61.7 Å². The molecule has 0 spiro atoms. The fourth-order valence-corrected chi connectivity index (χ4v) is 11.0. The van der Waals surface area contributed by atoms with Gasteiger partial charge in [0.1, 0.15) is 0 Å². The summed E-state index contributed by atoms with van der Waals surface area (Å²) in [7, 11) is 0. The van der Waals surface area contributed by atoms with Gasteiger partial charge in [-0.3, -0.25) is 0 Å². The van der Waals surface area contributed by atoms with Crippen molar-refractivity contribution in [1.29, 1.82) is 0 Å². The van der Waals surface area contributed by atoms with Gasteiger partial charge in [0.05, 0.1) is 10.8 Å². The zero-order chi connectivity index (χ0) is 41.1. The second kappa shape index (κ2) is 14.5. The number of aromatic nitrogens is 3. The smallest absolute Gasteiger partial charge is 0.164 e. The topological polar surface area (TPSA) is 38.7 Å². The molecule has 0 saturated heterocycles. The minimum Gasteiger partial charge on any atom is -0.208 e. The first kappa shape index (κ1) is 36.1. The number of hydrogen-bond acceptors (Lipinski definition) is 3. The SMILES string of the molecule is C1=CC2c3ccccc3C(c3ccccc3)(c3ccccc3)C2C=C1c1nc(-c2ccccc2)nc(-c2ccc3c(c2)C(c2ccccc2)(c2ccccc2)c2ccccc2-3)n1. The molecule has 0 aliphatic heterocycles. The Kier molecular flexibility index (Phi) is 8.43. The molecule has 3 heteroatoms. The summed E-state index contributed by atoms with van der Waals surface area (Å²) in [4.78, 5) is 16.0. The van der Waals surface area contributed by atoms with Crippen LogP contribution in [-0.4, -0.2) is 15.0 Å². The average Bonchev–Trinajstić information content (AvgIpc) is 3.83. The van der Waals surface area contributed by atoms with Crippen LogP contribution in [-0.2, 0) is 10.8 Å². The molecule has 3 nitrogen and oxygen atoms in total. The van der Waals surface area contributed by atoms with Crippen molar-refractivity contribution in [3.8, 4) is 33.9 Å². The summed E-state index contributed by atoms with van der Waals surface area (Å²) in [5.74, 6) is 2.20. The number of hydrogen-bond donors (Lipinski definition) is 0. The molecule has 1 heterocycles. The minimum absolute atomic E-state index is 0.0703. The van der Waals surface area contributed by atoms with Crippen LogP contribution in [0.25, 0.3) is 39.5 Å². The zero-order valence-electron chi connectivity index (χ0n) is 34.0. The van der Waals surface area contributed by atoms with Crippen LogP contribution in [0.15, 0.2) is 237 Å². The number of fused-ring (bicyclic) bond motifs is 6. The van der Waals surface area contributed by atoms with Crippen molar-refractivity contribution < 1.29 is 0 Å². The Bertz CT molecular complexity index is 3100. The van der Waals surface area contributed by atoms with Gasteiger partial charge >= 0.3 is 0 Å². The Morgan fingerprint density at radius 1 is 0.371 bits per heavy atom. The van der Waals surface area contributed by atoms with Gasteiger partial charge in [0.25, 0.3) is 0 Å². The highest BCUT2D eigenvalue weighted by Gasteiger charge is 2.53. The Balaban J connectivity index is 1.07. The molecule has 2 atom stereocenters. The van der Waals surface area contributed by atoms with E-state index in [1.165, 1.54) is 55.6 Å². The third-order valence-corrected chi connectivity index (χ3v) is 13.6. The van der Waals surface area contributed by atoms with Crippen LogP contribution in [0.3, 0.4) is 0 Å². The van der Waals surface area contributed by atoms with E-state index in [0.29, 0.717) is 17.5 Å². The van der Waals surface area contributed by atoms with Crippen LogP contribution in [0.5, 0.6) is 0 Å². The third-order valence-electron chi connectivity index (χ3n) is 13.6. The van der Waals surface area contributed by atoms with Crippen molar-refractivity contribution in [2.75, 3.05) is 0 Å². The molecule has 0 fully saturated rings. The Labute approximate surface area is 362 Å². The summed E-state index contributed by atoms with van der Waals surface area (Å²) in [6.07, 6.45) is 7.08. The molecular weight excluding hydrogens is 751 g/mol. The predicted molar refractivity (Wildman–Crippen MR) is 251 cm³/mol. The lowest BCUT2D eigenvalue weighted by atomic mass is 9.62. The number of allylic oxidation sites excluding steroid dienone is 4. The van der Waals surface area contributed by atoms with E-state index in [4.69, 9.17) is 15.0 Å². The first-order valence-corrected chi connectivity index (χ1v) is 21.5. The highest BCUT2D eigenvalue weighted by Crippen LogP contribution is 2.61. The van der Waals surface area contributed by atoms with Crippen molar-refractivity contribution in [3.05, 3.63) is 287 Å². The summed E-state index contributed by atoms with van der Waals surface area (Å²) in [6.45, 7) is 0. The molecule has 3 aliphatic carbocycles. The van der Waals surface area contributed by atoms with E-state index in [0.717, 1.165) is 16.7 Å². The lowest BCUT2D eigenvalue weighted by Gasteiger charge is -2.39. The second-order valence-electron chi connectivity index (χ2n) is 16.6. The van der Waals surface area contributed by atoms with E-state index in [2.05, 4.69) is 218 Å². The van der Waals surface area contributed by atoms with Crippen LogP contribution >= 0.6 is 0 Å². The van der Waals surface area contributed by atoms with Crippen molar-refractivity contribution in [2.45, 2.75) is 16.7 Å². The fourth-order valence-electron chi connectivity index (χ4n) is 11.0. The molecule has 62 heavy (non-hydrogen) atoms. The van der Waals surface area contributed by atoms with Crippen molar-refractivity contribution in [3.63, 3.8) is 0 Å². The molecule has 1 aromatic heterocycles.